The first-order valence-corrected chi connectivity index (χ1v) is 24.6. The molecule has 344 valence electrons. The van der Waals surface area contributed by atoms with Crippen LogP contribution in [0.25, 0.3) is 22.3 Å². The third-order valence-corrected chi connectivity index (χ3v) is 15.4. The van der Waals surface area contributed by atoms with Crippen molar-refractivity contribution in [2.45, 2.75) is 135 Å². The van der Waals surface area contributed by atoms with Crippen LogP contribution in [0.4, 0.5) is 9.93 Å². The van der Waals surface area contributed by atoms with E-state index in [4.69, 9.17) is 19.4 Å². The number of aromatic nitrogens is 2. The maximum atomic E-state index is 14.9. The van der Waals surface area contributed by atoms with Crippen molar-refractivity contribution in [3.05, 3.63) is 29.6 Å². The molecule has 0 bridgehead atoms. The molecule has 17 nitrogen and oxygen atoms in total. The van der Waals surface area contributed by atoms with Crippen LogP contribution in [0, 0.1) is 11.3 Å². The van der Waals surface area contributed by atoms with Gasteiger partial charge in [0, 0.05) is 54.5 Å². The van der Waals surface area contributed by atoms with Gasteiger partial charge in [-0.15, -0.1) is 11.3 Å². The van der Waals surface area contributed by atoms with Gasteiger partial charge in [-0.2, -0.15) is 4.31 Å². The average molecular weight is 911 g/mol. The average Bonchev–Trinajstić information content (AvgIpc) is 3.49. The van der Waals surface area contributed by atoms with Gasteiger partial charge in [0.2, 0.25) is 21.8 Å². The fraction of sp³-hybridized carbons (Fsp3) is 0.636. The number of benzene rings is 1. The zero-order valence-electron chi connectivity index (χ0n) is 37.1. The van der Waals surface area contributed by atoms with Crippen LogP contribution in [0.5, 0.6) is 11.5 Å². The third-order valence-electron chi connectivity index (χ3n) is 12.7. The molecular formula is C44H62N8O9S2. The lowest BCUT2D eigenvalue weighted by Gasteiger charge is -2.35. The Morgan fingerprint density at radius 3 is 2.48 bits per heavy atom. The van der Waals surface area contributed by atoms with Gasteiger partial charge in [0.15, 0.2) is 5.13 Å². The lowest BCUT2D eigenvalue weighted by Crippen LogP contribution is -2.59. The number of hydrogen-bond donors (Lipinski definition) is 5. The van der Waals surface area contributed by atoms with Crippen LogP contribution in [-0.4, -0.2) is 125 Å². The Labute approximate surface area is 373 Å². The lowest BCUT2D eigenvalue weighted by atomic mass is 9.86. The quantitative estimate of drug-likeness (QED) is 0.164. The maximum Gasteiger partial charge on any atom is 0.329 e. The molecule has 1 aromatic carbocycles. The predicted octanol–water partition coefficient (Wildman–Crippen LogP) is 5.36. The van der Waals surface area contributed by atoms with Crippen molar-refractivity contribution >= 4 is 61.2 Å². The SMILES string of the molecule is COc1ccc2c(O[C@@H]3C[C@H]4C(=O)N[C@]5(C(=O)O)C[C@@H]5CCCCCCC[C@H](NC(=O)NC(CN5CCCS5(=O)=O)C(C)(C)C)C(=O)N4C3)cc(-c3csc(NC(C)C)n3)nc2c1. The van der Waals surface area contributed by atoms with Gasteiger partial charge in [-0.3, -0.25) is 9.59 Å². The van der Waals surface area contributed by atoms with Gasteiger partial charge >= 0.3 is 12.0 Å². The van der Waals surface area contributed by atoms with Gasteiger partial charge in [-0.25, -0.2) is 28.0 Å². The fourth-order valence-electron chi connectivity index (χ4n) is 8.96. The number of carboxylic acid groups (broad SMARTS) is 1. The Balaban J connectivity index is 1.19. The number of aliphatic carboxylic acids is 1. The number of carbonyl (C=O) groups excluding carboxylic acids is 3. The van der Waals surface area contributed by atoms with Crippen molar-refractivity contribution in [3.8, 4) is 22.9 Å². The summed E-state index contributed by atoms with van der Waals surface area (Å²) in [5, 5.41) is 25.8. The second kappa shape index (κ2) is 18.8. The molecule has 4 aliphatic rings. The zero-order chi connectivity index (χ0) is 45.3. The van der Waals surface area contributed by atoms with Gasteiger partial charge < -0.3 is 40.7 Å². The molecule has 1 unspecified atom stereocenters. The van der Waals surface area contributed by atoms with E-state index in [0.29, 0.717) is 72.4 Å². The highest BCUT2D eigenvalue weighted by Gasteiger charge is 2.62. The molecule has 0 spiro atoms. The van der Waals surface area contributed by atoms with Crippen LogP contribution in [-0.2, 0) is 24.4 Å². The van der Waals surface area contributed by atoms with Gasteiger partial charge in [0.05, 0.1) is 30.6 Å². The highest BCUT2D eigenvalue weighted by atomic mass is 32.2. The standard InChI is InChI=1S/C44H62N8O9S2/c1-26(2)45-42-48-34(25-62-42)33-21-36(30-16-15-28(60-6)19-32(30)46-33)61-29-20-35-38(53)50-44(40(55)56)22-27(44)13-10-8-7-9-11-14-31(39(54)52(35)23-29)47-41(57)49-37(43(3,4)5)24-51-17-12-18-63(51,58)59/h15-16,19,21,25-27,29,31,35,37H,7-14,17-18,20,22-24H2,1-6H3,(H,45,48)(H,50,53)(H,55,56)(H2,47,49,57)/t27-,29+,31-,35-,37?,44+/m0/s1. The molecule has 3 saturated heterocycles. The van der Waals surface area contributed by atoms with Gasteiger partial charge in [0.1, 0.15) is 40.9 Å². The number of nitrogens with zero attached hydrogens (tertiary/aromatic N) is 4. The highest BCUT2D eigenvalue weighted by molar-refractivity contribution is 7.89. The lowest BCUT2D eigenvalue weighted by molar-refractivity contribution is -0.145. The summed E-state index contributed by atoms with van der Waals surface area (Å²) in [5.41, 5.74) is -0.176. The number of sulfonamides is 1. The van der Waals surface area contributed by atoms with Crippen molar-refractivity contribution in [3.63, 3.8) is 0 Å². The molecule has 0 radical (unpaired) electrons. The number of pyridine rings is 1. The smallest absolute Gasteiger partial charge is 0.329 e. The molecule has 3 aromatic rings. The molecule has 4 fully saturated rings. The Morgan fingerprint density at radius 1 is 1.05 bits per heavy atom. The summed E-state index contributed by atoms with van der Waals surface area (Å²) in [6.45, 7) is 10.3. The van der Waals surface area contributed by atoms with Crippen LogP contribution >= 0.6 is 11.3 Å². The van der Waals surface area contributed by atoms with Crippen molar-refractivity contribution < 1.29 is 42.2 Å². The number of carbonyl (C=O) groups is 4. The molecule has 1 saturated carbocycles. The van der Waals surface area contributed by atoms with E-state index in [0.717, 1.165) is 30.8 Å². The Kier molecular flexibility index (Phi) is 13.8. The predicted molar refractivity (Wildman–Crippen MR) is 240 cm³/mol. The number of amides is 4. The van der Waals surface area contributed by atoms with E-state index in [2.05, 4.69) is 21.3 Å². The third kappa shape index (κ3) is 10.6. The molecular weight excluding hydrogens is 849 g/mol. The first-order valence-electron chi connectivity index (χ1n) is 22.2. The van der Waals surface area contributed by atoms with E-state index in [1.165, 1.54) is 20.5 Å². The summed E-state index contributed by atoms with van der Waals surface area (Å²) >= 11 is 1.45. The Bertz CT molecular complexity index is 2300. The van der Waals surface area contributed by atoms with Gasteiger partial charge in [-0.05, 0) is 63.0 Å². The van der Waals surface area contributed by atoms with Gasteiger partial charge in [-0.1, -0.05) is 52.9 Å². The molecule has 2 aromatic heterocycles. The summed E-state index contributed by atoms with van der Waals surface area (Å²) < 4.78 is 39.2. The number of rotatable bonds is 11. The highest BCUT2D eigenvalue weighted by Crippen LogP contribution is 2.48. The monoisotopic (exact) mass is 910 g/mol. The number of anilines is 1. The van der Waals surface area contributed by atoms with E-state index in [1.807, 2.05) is 46.1 Å². The Hall–Kier alpha value is -4.75. The van der Waals surface area contributed by atoms with Crippen LogP contribution in [0.3, 0.4) is 0 Å². The number of urea groups is 1. The largest absolute Gasteiger partial charge is 0.497 e. The first-order chi connectivity index (χ1) is 29.9. The number of thiazole rings is 1. The van der Waals surface area contributed by atoms with Crippen molar-refractivity contribution in [2.24, 2.45) is 11.3 Å². The minimum absolute atomic E-state index is 0.0217. The summed E-state index contributed by atoms with van der Waals surface area (Å²) in [6.07, 6.45) is 5.12. The fourth-order valence-corrected chi connectivity index (χ4v) is 11.3. The molecule has 5 heterocycles. The second-order valence-electron chi connectivity index (χ2n) is 18.8. The van der Waals surface area contributed by atoms with Crippen LogP contribution in [0.15, 0.2) is 29.6 Å². The molecule has 7 rings (SSSR count). The number of fused-ring (bicyclic) bond motifs is 3. The van der Waals surface area contributed by atoms with E-state index in [1.54, 1.807) is 25.3 Å². The molecule has 3 aliphatic heterocycles. The van der Waals surface area contributed by atoms with Crippen molar-refractivity contribution in [1.29, 1.82) is 0 Å². The van der Waals surface area contributed by atoms with E-state index in [-0.39, 0.29) is 37.2 Å². The van der Waals surface area contributed by atoms with Crippen LogP contribution in [0.1, 0.15) is 98.8 Å². The number of ether oxygens (including phenoxy) is 2. The summed E-state index contributed by atoms with van der Waals surface area (Å²) in [6, 6.07) is 4.06. The number of hydrogen-bond acceptors (Lipinski definition) is 12. The number of methoxy groups -OCH3 is 1. The Morgan fingerprint density at radius 2 is 1.79 bits per heavy atom. The maximum absolute atomic E-state index is 14.9. The number of carboxylic acids is 1. The topological polar surface area (TPSA) is 221 Å². The minimum atomic E-state index is -3.43. The molecule has 5 N–H and O–H groups in total. The molecule has 4 amide bonds. The van der Waals surface area contributed by atoms with Gasteiger partial charge in [0.25, 0.3) is 0 Å². The summed E-state index contributed by atoms with van der Waals surface area (Å²) in [4.78, 5) is 67.1. The second-order valence-corrected chi connectivity index (χ2v) is 21.8. The summed E-state index contributed by atoms with van der Waals surface area (Å²) in [7, 11) is -1.86. The van der Waals surface area contributed by atoms with Crippen molar-refractivity contribution in [1.82, 2.24) is 35.1 Å². The van der Waals surface area contributed by atoms with Crippen molar-refractivity contribution in [2.75, 3.05) is 37.8 Å². The van der Waals surface area contributed by atoms with Crippen LogP contribution in [0.2, 0.25) is 0 Å². The first kappa shape index (κ1) is 46.2. The molecule has 19 heteroatoms. The van der Waals surface area contributed by atoms with E-state index >= 15 is 0 Å². The molecule has 63 heavy (non-hydrogen) atoms. The number of nitrogens with one attached hydrogen (secondary N) is 4. The molecule has 6 atom stereocenters. The molecule has 1 aliphatic carbocycles. The van der Waals surface area contributed by atoms with Crippen LogP contribution < -0.4 is 30.7 Å². The summed E-state index contributed by atoms with van der Waals surface area (Å²) in [5.74, 6) is -1.28. The van der Waals surface area contributed by atoms with E-state index in [9.17, 15) is 32.7 Å². The minimum Gasteiger partial charge on any atom is -0.497 e. The van der Waals surface area contributed by atoms with E-state index < -0.39 is 69.0 Å². The zero-order valence-corrected chi connectivity index (χ0v) is 38.7. The normalized spacial score (nSPS) is 26.2.